The molecule has 2 aromatic rings. The molecule has 0 aliphatic carbocycles. The zero-order chi connectivity index (χ0) is 15.5. The SMILES string of the molecule is CN(Cc1cccc(O)c1)S(=O)(=O)c1ccc(CBr)cc1. The minimum atomic E-state index is -3.54. The second-order valence-electron chi connectivity index (χ2n) is 4.71. The standard InChI is InChI=1S/C15H16BrNO3S/c1-17(11-13-3-2-4-14(18)9-13)21(19,20)15-7-5-12(10-16)6-8-15/h2-9,18H,10-11H2,1H3. The highest BCUT2D eigenvalue weighted by Gasteiger charge is 2.20. The van der Waals surface area contributed by atoms with Gasteiger partial charge in [-0.1, -0.05) is 40.2 Å². The van der Waals surface area contributed by atoms with Gasteiger partial charge in [-0.25, -0.2) is 8.42 Å². The van der Waals surface area contributed by atoms with Gasteiger partial charge in [-0.3, -0.25) is 0 Å². The summed E-state index contributed by atoms with van der Waals surface area (Å²) in [5.74, 6) is 0.125. The minimum absolute atomic E-state index is 0.125. The highest BCUT2D eigenvalue weighted by Crippen LogP contribution is 2.19. The van der Waals surface area contributed by atoms with Crippen molar-refractivity contribution in [3.63, 3.8) is 0 Å². The lowest BCUT2D eigenvalue weighted by molar-refractivity contribution is 0.458. The summed E-state index contributed by atoms with van der Waals surface area (Å²) in [6.45, 7) is 0.205. The fourth-order valence-electron chi connectivity index (χ4n) is 1.93. The maximum Gasteiger partial charge on any atom is 0.243 e. The van der Waals surface area contributed by atoms with Crippen molar-refractivity contribution < 1.29 is 13.5 Å². The van der Waals surface area contributed by atoms with Gasteiger partial charge < -0.3 is 5.11 Å². The fourth-order valence-corrected chi connectivity index (χ4v) is 3.46. The number of halogens is 1. The Labute approximate surface area is 133 Å². The zero-order valence-electron chi connectivity index (χ0n) is 11.5. The Balaban J connectivity index is 2.21. The molecule has 0 aromatic heterocycles. The summed E-state index contributed by atoms with van der Waals surface area (Å²) in [5, 5.41) is 10.1. The van der Waals surface area contributed by atoms with Gasteiger partial charge in [-0.2, -0.15) is 4.31 Å². The number of nitrogens with zero attached hydrogens (tertiary/aromatic N) is 1. The van der Waals surface area contributed by atoms with Gasteiger partial charge in [-0.15, -0.1) is 0 Å². The molecule has 0 heterocycles. The molecule has 0 unspecified atom stereocenters. The largest absolute Gasteiger partial charge is 0.508 e. The number of phenolic OH excluding ortho intramolecular Hbond substituents is 1. The zero-order valence-corrected chi connectivity index (χ0v) is 13.9. The molecule has 0 aliphatic rings. The summed E-state index contributed by atoms with van der Waals surface area (Å²) in [6, 6.07) is 13.3. The minimum Gasteiger partial charge on any atom is -0.508 e. The van der Waals surface area contributed by atoms with Crippen molar-refractivity contribution in [1.82, 2.24) is 4.31 Å². The van der Waals surface area contributed by atoms with Crippen molar-refractivity contribution >= 4 is 26.0 Å². The van der Waals surface area contributed by atoms with Gasteiger partial charge in [0.25, 0.3) is 0 Å². The summed E-state index contributed by atoms with van der Waals surface area (Å²) in [6.07, 6.45) is 0. The Morgan fingerprint density at radius 2 is 1.76 bits per heavy atom. The Morgan fingerprint density at radius 3 is 2.33 bits per heavy atom. The molecule has 1 N–H and O–H groups in total. The normalized spacial score (nSPS) is 11.8. The first-order valence-electron chi connectivity index (χ1n) is 6.32. The van der Waals surface area contributed by atoms with Gasteiger partial charge in [0.15, 0.2) is 0 Å². The van der Waals surface area contributed by atoms with Crippen LogP contribution in [0.4, 0.5) is 0 Å². The summed E-state index contributed by atoms with van der Waals surface area (Å²) < 4.78 is 26.2. The van der Waals surface area contributed by atoms with E-state index in [0.717, 1.165) is 11.1 Å². The maximum atomic E-state index is 12.5. The summed E-state index contributed by atoms with van der Waals surface area (Å²) >= 11 is 3.33. The average Bonchev–Trinajstić information content (AvgIpc) is 2.47. The highest BCUT2D eigenvalue weighted by atomic mass is 79.9. The van der Waals surface area contributed by atoms with Crippen LogP contribution in [0.5, 0.6) is 5.75 Å². The molecule has 0 bridgehead atoms. The van der Waals surface area contributed by atoms with E-state index >= 15 is 0 Å². The van der Waals surface area contributed by atoms with Crippen LogP contribution in [0.1, 0.15) is 11.1 Å². The van der Waals surface area contributed by atoms with Gasteiger partial charge in [0, 0.05) is 18.9 Å². The second-order valence-corrected chi connectivity index (χ2v) is 7.31. The van der Waals surface area contributed by atoms with Crippen molar-refractivity contribution in [3.05, 3.63) is 59.7 Å². The topological polar surface area (TPSA) is 57.6 Å². The van der Waals surface area contributed by atoms with E-state index < -0.39 is 10.0 Å². The third-order valence-electron chi connectivity index (χ3n) is 3.10. The van der Waals surface area contributed by atoms with Crippen LogP contribution in [0.25, 0.3) is 0 Å². The van der Waals surface area contributed by atoms with Gasteiger partial charge in [0.2, 0.25) is 10.0 Å². The molecule has 0 atom stereocenters. The van der Waals surface area contributed by atoms with Crippen LogP contribution in [0, 0.1) is 0 Å². The van der Waals surface area contributed by atoms with Crippen molar-refractivity contribution in [2.45, 2.75) is 16.8 Å². The summed E-state index contributed by atoms with van der Waals surface area (Å²) in [7, 11) is -2.01. The van der Waals surface area contributed by atoms with E-state index in [9.17, 15) is 13.5 Å². The van der Waals surface area contributed by atoms with Gasteiger partial charge in [0.05, 0.1) is 4.90 Å². The molecule has 0 aliphatic heterocycles. The summed E-state index contributed by atoms with van der Waals surface area (Å²) in [5.41, 5.74) is 1.75. The first kappa shape index (κ1) is 16.0. The lowest BCUT2D eigenvalue weighted by Gasteiger charge is -2.17. The Kier molecular flexibility index (Phi) is 5.03. The number of benzene rings is 2. The van der Waals surface area contributed by atoms with Crippen LogP contribution in [-0.2, 0) is 21.9 Å². The molecular formula is C15H16BrNO3S. The molecule has 0 radical (unpaired) electrons. The number of phenols is 1. The molecule has 21 heavy (non-hydrogen) atoms. The third-order valence-corrected chi connectivity index (χ3v) is 5.57. The first-order chi connectivity index (χ1) is 9.93. The maximum absolute atomic E-state index is 12.5. The van der Waals surface area contributed by atoms with Crippen molar-refractivity contribution in [2.75, 3.05) is 7.05 Å². The molecule has 6 heteroatoms. The lowest BCUT2D eigenvalue weighted by atomic mass is 10.2. The van der Waals surface area contributed by atoms with Crippen molar-refractivity contribution in [3.8, 4) is 5.75 Å². The predicted molar refractivity (Wildman–Crippen MR) is 85.8 cm³/mol. The molecular weight excluding hydrogens is 354 g/mol. The predicted octanol–water partition coefficient (Wildman–Crippen LogP) is 3.11. The monoisotopic (exact) mass is 369 g/mol. The second kappa shape index (κ2) is 6.60. The number of hydrogen-bond donors (Lipinski definition) is 1. The number of hydrogen-bond acceptors (Lipinski definition) is 3. The van der Waals surface area contributed by atoms with Gasteiger partial charge in [-0.05, 0) is 35.4 Å². The Hall–Kier alpha value is -1.37. The van der Waals surface area contributed by atoms with Crippen molar-refractivity contribution in [1.29, 1.82) is 0 Å². The first-order valence-corrected chi connectivity index (χ1v) is 8.89. The van der Waals surface area contributed by atoms with Crippen molar-refractivity contribution in [2.24, 2.45) is 0 Å². The lowest BCUT2D eigenvalue weighted by Crippen LogP contribution is -2.26. The number of sulfonamides is 1. The van der Waals surface area contributed by atoms with Crippen LogP contribution < -0.4 is 0 Å². The van der Waals surface area contributed by atoms with Gasteiger partial charge in [0.1, 0.15) is 5.75 Å². The van der Waals surface area contributed by atoms with Crippen LogP contribution in [0.2, 0.25) is 0 Å². The van der Waals surface area contributed by atoms with E-state index in [-0.39, 0.29) is 17.2 Å². The molecule has 0 amide bonds. The van der Waals surface area contributed by atoms with Crippen LogP contribution >= 0.6 is 15.9 Å². The number of alkyl halides is 1. The summed E-state index contributed by atoms with van der Waals surface area (Å²) in [4.78, 5) is 0.259. The fraction of sp³-hybridized carbons (Fsp3) is 0.200. The Morgan fingerprint density at radius 1 is 1.10 bits per heavy atom. The molecule has 4 nitrogen and oxygen atoms in total. The molecule has 112 valence electrons. The van der Waals surface area contributed by atoms with E-state index in [4.69, 9.17) is 0 Å². The molecule has 0 saturated heterocycles. The molecule has 2 rings (SSSR count). The number of aromatic hydroxyl groups is 1. The molecule has 0 saturated carbocycles. The van der Waals surface area contributed by atoms with Gasteiger partial charge >= 0.3 is 0 Å². The van der Waals surface area contributed by atoms with Crippen LogP contribution in [-0.4, -0.2) is 24.9 Å². The average molecular weight is 370 g/mol. The Bertz CT molecular complexity index is 714. The molecule has 0 fully saturated rings. The molecule has 0 spiro atoms. The third kappa shape index (κ3) is 3.84. The van der Waals surface area contributed by atoms with E-state index in [0.29, 0.717) is 5.33 Å². The van der Waals surface area contributed by atoms with Crippen LogP contribution in [0.3, 0.4) is 0 Å². The van der Waals surface area contributed by atoms with E-state index in [1.165, 1.54) is 11.4 Å². The van der Waals surface area contributed by atoms with E-state index in [1.54, 1.807) is 48.5 Å². The van der Waals surface area contributed by atoms with Crippen LogP contribution in [0.15, 0.2) is 53.4 Å². The quantitative estimate of drug-likeness (QED) is 0.823. The van der Waals surface area contributed by atoms with E-state index in [2.05, 4.69) is 15.9 Å². The molecule has 2 aromatic carbocycles. The highest BCUT2D eigenvalue weighted by molar-refractivity contribution is 9.08. The number of rotatable bonds is 5. The van der Waals surface area contributed by atoms with E-state index in [1.807, 2.05) is 0 Å². The smallest absolute Gasteiger partial charge is 0.243 e.